The van der Waals surface area contributed by atoms with Crippen LogP contribution in [0, 0.1) is 0 Å². The fourth-order valence-corrected chi connectivity index (χ4v) is 3.07. The molecule has 2 N–H and O–H groups in total. The Labute approximate surface area is 166 Å². The van der Waals surface area contributed by atoms with E-state index in [9.17, 15) is 9.59 Å². The molecule has 0 aliphatic heterocycles. The second-order valence-electron chi connectivity index (χ2n) is 6.00. The predicted octanol–water partition coefficient (Wildman–Crippen LogP) is 4.67. The summed E-state index contributed by atoms with van der Waals surface area (Å²) in [7, 11) is 0. The van der Waals surface area contributed by atoms with Crippen LogP contribution in [0.1, 0.15) is 26.3 Å². The molecule has 0 saturated heterocycles. The first-order valence-electron chi connectivity index (χ1n) is 8.61. The molecule has 0 heterocycles. The highest BCUT2D eigenvalue weighted by Gasteiger charge is 2.14. The van der Waals surface area contributed by atoms with Gasteiger partial charge in [-0.15, -0.1) is 0 Å². The normalized spacial score (nSPS) is 10.3. The molecule has 0 saturated carbocycles. The van der Waals surface area contributed by atoms with Gasteiger partial charge < -0.3 is 10.6 Å². The summed E-state index contributed by atoms with van der Waals surface area (Å²) in [6.07, 6.45) is 0.749. The molecule has 0 atom stereocenters. The van der Waals surface area contributed by atoms with Crippen molar-refractivity contribution in [2.45, 2.75) is 6.42 Å². The maximum Gasteiger partial charge on any atom is 0.255 e. The van der Waals surface area contributed by atoms with Gasteiger partial charge in [0.2, 0.25) is 0 Å². The molecular weight excluding hydrogens is 404 g/mol. The third kappa shape index (κ3) is 5.28. The second-order valence-corrected chi connectivity index (χ2v) is 6.92. The maximum atomic E-state index is 12.6. The van der Waals surface area contributed by atoms with Crippen LogP contribution in [0.2, 0.25) is 0 Å². The Kier molecular flexibility index (Phi) is 6.39. The zero-order chi connectivity index (χ0) is 19.1. The minimum absolute atomic E-state index is 0.212. The average molecular weight is 423 g/mol. The number of carbonyl (C=O) groups excluding carboxylic acids is 2. The molecule has 0 spiro atoms. The van der Waals surface area contributed by atoms with Gasteiger partial charge in [0.1, 0.15) is 0 Å². The summed E-state index contributed by atoms with van der Waals surface area (Å²) in [5, 5.41) is 5.73. The molecule has 0 bridgehead atoms. The van der Waals surface area contributed by atoms with Crippen LogP contribution in [-0.2, 0) is 6.42 Å². The maximum absolute atomic E-state index is 12.6. The van der Waals surface area contributed by atoms with E-state index in [1.54, 1.807) is 42.5 Å². The molecule has 136 valence electrons. The molecule has 2 amide bonds. The van der Waals surface area contributed by atoms with Crippen LogP contribution in [0.5, 0.6) is 0 Å². The fraction of sp³-hybridized carbons (Fsp3) is 0.0909. The molecule has 0 fully saturated rings. The monoisotopic (exact) mass is 422 g/mol. The quantitative estimate of drug-likeness (QED) is 0.605. The lowest BCUT2D eigenvalue weighted by Gasteiger charge is -2.12. The van der Waals surface area contributed by atoms with E-state index in [4.69, 9.17) is 0 Å². The number of hydrogen-bond acceptors (Lipinski definition) is 2. The highest BCUT2D eigenvalue weighted by Crippen LogP contribution is 2.18. The smallest absolute Gasteiger partial charge is 0.255 e. The van der Waals surface area contributed by atoms with E-state index in [1.165, 1.54) is 0 Å². The summed E-state index contributed by atoms with van der Waals surface area (Å²) < 4.78 is 0.821. The number of carbonyl (C=O) groups is 2. The van der Waals surface area contributed by atoms with Gasteiger partial charge in [0.05, 0.1) is 11.3 Å². The van der Waals surface area contributed by atoms with Crippen LogP contribution < -0.4 is 10.6 Å². The minimum Gasteiger partial charge on any atom is -0.352 e. The van der Waals surface area contributed by atoms with Crippen LogP contribution in [0.4, 0.5) is 5.69 Å². The van der Waals surface area contributed by atoms with Crippen LogP contribution >= 0.6 is 15.9 Å². The van der Waals surface area contributed by atoms with Crippen molar-refractivity contribution in [3.05, 3.63) is 100 Å². The standard InChI is InChI=1S/C22H19BrN2O2/c23-18-10-6-9-17(15-18)21(26)25-20-12-5-4-11-19(20)22(27)24-14-13-16-7-2-1-3-8-16/h1-12,15H,13-14H2,(H,24,27)(H,25,26). The number of amides is 2. The van der Waals surface area contributed by atoms with Crippen LogP contribution in [-0.4, -0.2) is 18.4 Å². The first-order valence-corrected chi connectivity index (χ1v) is 9.41. The molecule has 0 radical (unpaired) electrons. The van der Waals surface area contributed by atoms with E-state index in [-0.39, 0.29) is 11.8 Å². The van der Waals surface area contributed by atoms with Gasteiger partial charge in [-0.2, -0.15) is 0 Å². The number of para-hydroxylation sites is 1. The molecule has 4 nitrogen and oxygen atoms in total. The van der Waals surface area contributed by atoms with Gasteiger partial charge in [-0.25, -0.2) is 0 Å². The second kappa shape index (κ2) is 9.14. The summed E-state index contributed by atoms with van der Waals surface area (Å²) in [6.45, 7) is 0.525. The van der Waals surface area contributed by atoms with Crippen molar-refractivity contribution in [3.8, 4) is 0 Å². The number of halogens is 1. The number of rotatable bonds is 6. The van der Waals surface area contributed by atoms with Crippen molar-refractivity contribution < 1.29 is 9.59 Å². The van der Waals surface area contributed by atoms with Crippen molar-refractivity contribution in [2.75, 3.05) is 11.9 Å². The van der Waals surface area contributed by atoms with E-state index in [0.717, 1.165) is 16.5 Å². The molecule has 0 unspecified atom stereocenters. The molecule has 0 aromatic heterocycles. The Hall–Kier alpha value is -2.92. The number of benzene rings is 3. The van der Waals surface area contributed by atoms with Crippen molar-refractivity contribution >= 4 is 33.4 Å². The van der Waals surface area contributed by atoms with Gasteiger partial charge in [-0.1, -0.05) is 64.5 Å². The third-order valence-corrected chi connectivity index (χ3v) is 4.54. The topological polar surface area (TPSA) is 58.2 Å². The predicted molar refractivity (Wildman–Crippen MR) is 111 cm³/mol. The van der Waals surface area contributed by atoms with Crippen molar-refractivity contribution in [1.82, 2.24) is 5.32 Å². The van der Waals surface area contributed by atoms with E-state index in [2.05, 4.69) is 26.6 Å². The summed E-state index contributed by atoms with van der Waals surface area (Å²) in [6, 6.07) is 24.1. The Balaban J connectivity index is 1.66. The SMILES string of the molecule is O=C(Nc1ccccc1C(=O)NCCc1ccccc1)c1cccc(Br)c1. The van der Waals surface area contributed by atoms with Crippen LogP contribution in [0.25, 0.3) is 0 Å². The van der Waals surface area contributed by atoms with Crippen molar-refractivity contribution in [1.29, 1.82) is 0 Å². The van der Waals surface area contributed by atoms with Gasteiger partial charge in [0.25, 0.3) is 11.8 Å². The fourth-order valence-electron chi connectivity index (χ4n) is 2.67. The lowest BCUT2D eigenvalue weighted by Crippen LogP contribution is -2.27. The first-order chi connectivity index (χ1) is 13.1. The third-order valence-electron chi connectivity index (χ3n) is 4.05. The van der Waals surface area contributed by atoms with E-state index in [0.29, 0.717) is 23.4 Å². The average Bonchev–Trinajstić information content (AvgIpc) is 2.69. The largest absolute Gasteiger partial charge is 0.352 e. The van der Waals surface area contributed by atoms with Gasteiger partial charge in [-0.05, 0) is 42.3 Å². The van der Waals surface area contributed by atoms with Crippen LogP contribution in [0.3, 0.4) is 0 Å². The summed E-state index contributed by atoms with van der Waals surface area (Å²) in [4.78, 5) is 25.0. The molecule has 27 heavy (non-hydrogen) atoms. The molecular formula is C22H19BrN2O2. The van der Waals surface area contributed by atoms with Gasteiger partial charge in [-0.3, -0.25) is 9.59 Å². The Morgan fingerprint density at radius 1 is 0.815 bits per heavy atom. The number of nitrogens with one attached hydrogen (secondary N) is 2. The van der Waals surface area contributed by atoms with Gasteiger partial charge in [0, 0.05) is 16.6 Å². The van der Waals surface area contributed by atoms with Crippen molar-refractivity contribution in [2.24, 2.45) is 0 Å². The zero-order valence-corrected chi connectivity index (χ0v) is 16.2. The summed E-state index contributed by atoms with van der Waals surface area (Å²) in [5.41, 5.74) is 2.60. The van der Waals surface area contributed by atoms with E-state index < -0.39 is 0 Å². The van der Waals surface area contributed by atoms with Gasteiger partial charge in [0.15, 0.2) is 0 Å². The molecule has 3 aromatic rings. The Bertz CT molecular complexity index is 942. The first kappa shape index (κ1) is 18.9. The molecule has 0 aliphatic carbocycles. The Morgan fingerprint density at radius 2 is 1.56 bits per heavy atom. The van der Waals surface area contributed by atoms with E-state index >= 15 is 0 Å². The van der Waals surface area contributed by atoms with Gasteiger partial charge >= 0.3 is 0 Å². The van der Waals surface area contributed by atoms with Crippen molar-refractivity contribution in [3.63, 3.8) is 0 Å². The lowest BCUT2D eigenvalue weighted by molar-refractivity contribution is 0.0955. The number of hydrogen-bond donors (Lipinski definition) is 2. The Morgan fingerprint density at radius 3 is 2.33 bits per heavy atom. The lowest BCUT2D eigenvalue weighted by atomic mass is 10.1. The highest BCUT2D eigenvalue weighted by molar-refractivity contribution is 9.10. The molecule has 5 heteroatoms. The minimum atomic E-state index is -0.263. The summed E-state index contributed by atoms with van der Waals surface area (Å²) in [5.74, 6) is -0.475. The molecule has 3 aromatic carbocycles. The summed E-state index contributed by atoms with van der Waals surface area (Å²) >= 11 is 3.36. The zero-order valence-electron chi connectivity index (χ0n) is 14.6. The van der Waals surface area contributed by atoms with Crippen LogP contribution in [0.15, 0.2) is 83.3 Å². The number of anilines is 1. The molecule has 0 aliphatic rings. The molecule has 3 rings (SSSR count). The van der Waals surface area contributed by atoms with E-state index in [1.807, 2.05) is 36.4 Å². The highest BCUT2D eigenvalue weighted by atomic mass is 79.9.